The number of hydrogen-bond acceptors (Lipinski definition) is 5. The number of benzene rings is 3. The zero-order valence-corrected chi connectivity index (χ0v) is 22.1. The van der Waals surface area contributed by atoms with Gasteiger partial charge in [-0.3, -0.25) is 4.79 Å². The van der Waals surface area contributed by atoms with Crippen molar-refractivity contribution in [1.82, 2.24) is 0 Å². The number of rotatable bonds is 9. The molecule has 0 fully saturated rings. The molecular formula is C24H21Br3O5. The Morgan fingerprint density at radius 2 is 1.66 bits per heavy atom. The zero-order valence-electron chi connectivity index (χ0n) is 17.3. The summed E-state index contributed by atoms with van der Waals surface area (Å²) in [5.74, 6) is 0.743. The number of halogens is 3. The SMILES string of the molecule is COc1cc(O)c(C(=O)[C@H](Br)[C@H](Br)c2ccc(OCc3ccccc3)cc2)c(OC)c1Br. The molecule has 0 heterocycles. The summed E-state index contributed by atoms with van der Waals surface area (Å²) in [5, 5.41) is 10.5. The van der Waals surface area contributed by atoms with Gasteiger partial charge in [-0.2, -0.15) is 0 Å². The van der Waals surface area contributed by atoms with Crippen molar-refractivity contribution in [3.05, 3.63) is 81.8 Å². The van der Waals surface area contributed by atoms with Crippen LogP contribution >= 0.6 is 47.8 Å². The van der Waals surface area contributed by atoms with Crippen molar-refractivity contribution in [2.45, 2.75) is 16.3 Å². The lowest BCUT2D eigenvalue weighted by Crippen LogP contribution is -2.20. The number of hydrogen-bond donors (Lipinski definition) is 1. The summed E-state index contributed by atoms with van der Waals surface area (Å²) in [4.78, 5) is 12.2. The standard InChI is InChI=1S/C24H21Br3O5/c1-30-18-12-17(28)19(24(31-2)21(18)26)23(29)22(27)20(25)15-8-10-16(11-9-15)32-13-14-6-4-3-5-7-14/h3-12,20,22,28H,13H2,1-2H3/t20-,22-/m1/s1. The van der Waals surface area contributed by atoms with E-state index in [1.54, 1.807) is 0 Å². The van der Waals surface area contributed by atoms with E-state index < -0.39 is 4.83 Å². The van der Waals surface area contributed by atoms with Crippen molar-refractivity contribution >= 4 is 53.6 Å². The fourth-order valence-corrected chi connectivity index (χ4v) is 4.82. The lowest BCUT2D eigenvalue weighted by Gasteiger charge is -2.20. The summed E-state index contributed by atoms with van der Waals surface area (Å²) in [6, 6.07) is 18.8. The number of carbonyl (C=O) groups is 1. The predicted molar refractivity (Wildman–Crippen MR) is 135 cm³/mol. The van der Waals surface area contributed by atoms with Crippen LogP contribution in [0.4, 0.5) is 0 Å². The van der Waals surface area contributed by atoms with E-state index in [4.69, 9.17) is 14.2 Å². The third-order valence-electron chi connectivity index (χ3n) is 4.79. The van der Waals surface area contributed by atoms with E-state index in [2.05, 4.69) is 47.8 Å². The maximum Gasteiger partial charge on any atom is 0.185 e. The molecule has 168 valence electrons. The molecule has 0 amide bonds. The average molecular weight is 629 g/mol. The van der Waals surface area contributed by atoms with Crippen LogP contribution in [0.2, 0.25) is 0 Å². The van der Waals surface area contributed by atoms with Crippen LogP contribution < -0.4 is 14.2 Å². The van der Waals surface area contributed by atoms with Crippen molar-refractivity contribution in [3.8, 4) is 23.0 Å². The van der Waals surface area contributed by atoms with Gasteiger partial charge >= 0.3 is 0 Å². The van der Waals surface area contributed by atoms with Crippen LogP contribution in [-0.4, -0.2) is 29.9 Å². The van der Waals surface area contributed by atoms with Crippen molar-refractivity contribution < 1.29 is 24.1 Å². The molecule has 32 heavy (non-hydrogen) atoms. The van der Waals surface area contributed by atoms with Gasteiger partial charge in [-0.1, -0.05) is 74.3 Å². The molecule has 0 aliphatic heterocycles. The third-order valence-corrected chi connectivity index (χ3v) is 8.25. The van der Waals surface area contributed by atoms with E-state index in [1.165, 1.54) is 20.3 Å². The Balaban J connectivity index is 1.76. The molecule has 0 unspecified atom stereocenters. The Kier molecular flexibility index (Phi) is 8.62. The highest BCUT2D eigenvalue weighted by Crippen LogP contribution is 2.45. The number of ketones is 1. The molecule has 0 bridgehead atoms. The lowest BCUT2D eigenvalue weighted by atomic mass is 10.0. The summed E-state index contributed by atoms with van der Waals surface area (Å²) in [6.45, 7) is 0.475. The Morgan fingerprint density at radius 3 is 2.25 bits per heavy atom. The maximum absolute atomic E-state index is 13.2. The molecule has 3 aromatic rings. The van der Waals surface area contributed by atoms with Gasteiger partial charge in [-0.05, 0) is 39.2 Å². The van der Waals surface area contributed by atoms with Gasteiger partial charge in [0.1, 0.15) is 33.9 Å². The van der Waals surface area contributed by atoms with Gasteiger partial charge in [0.25, 0.3) is 0 Å². The fraction of sp³-hybridized carbons (Fsp3) is 0.208. The number of carbonyl (C=O) groups excluding carboxylic acids is 1. The summed E-state index contributed by atoms with van der Waals surface area (Å²) >= 11 is 10.4. The number of methoxy groups -OCH3 is 2. The third kappa shape index (κ3) is 5.47. The highest BCUT2D eigenvalue weighted by Gasteiger charge is 2.32. The Bertz CT molecular complexity index is 1070. The zero-order chi connectivity index (χ0) is 23.3. The van der Waals surface area contributed by atoms with Crippen LogP contribution in [0.15, 0.2) is 65.1 Å². The Labute approximate surface area is 212 Å². The summed E-state index contributed by atoms with van der Waals surface area (Å²) in [5.41, 5.74) is 2.02. The summed E-state index contributed by atoms with van der Waals surface area (Å²) in [7, 11) is 2.90. The normalized spacial score (nSPS) is 12.7. The molecular weight excluding hydrogens is 608 g/mol. The number of phenols is 1. The van der Waals surface area contributed by atoms with Crippen LogP contribution in [0.3, 0.4) is 0 Å². The topological polar surface area (TPSA) is 65.0 Å². The molecule has 0 aliphatic carbocycles. The number of Topliss-reactive ketones (excluding diaryl/α,β-unsaturated/α-hetero) is 1. The van der Waals surface area contributed by atoms with Crippen molar-refractivity contribution in [2.75, 3.05) is 14.2 Å². The van der Waals surface area contributed by atoms with E-state index in [1.807, 2.05) is 54.6 Å². The quantitative estimate of drug-likeness (QED) is 0.208. The molecule has 0 saturated carbocycles. The van der Waals surface area contributed by atoms with Gasteiger partial charge in [-0.15, -0.1) is 0 Å². The highest BCUT2D eigenvalue weighted by molar-refractivity contribution is 9.12. The van der Waals surface area contributed by atoms with Crippen molar-refractivity contribution in [1.29, 1.82) is 0 Å². The molecule has 3 aromatic carbocycles. The molecule has 0 saturated heterocycles. The number of aromatic hydroxyl groups is 1. The maximum atomic E-state index is 13.2. The van der Waals surface area contributed by atoms with Crippen LogP contribution in [0, 0.1) is 0 Å². The minimum Gasteiger partial charge on any atom is -0.507 e. The van der Waals surface area contributed by atoms with E-state index in [9.17, 15) is 9.90 Å². The molecule has 0 aliphatic rings. The molecule has 3 rings (SSSR count). The lowest BCUT2D eigenvalue weighted by molar-refractivity contribution is 0.0985. The Morgan fingerprint density at radius 1 is 1.00 bits per heavy atom. The molecule has 8 heteroatoms. The first-order chi connectivity index (χ1) is 15.4. The van der Waals surface area contributed by atoms with E-state index >= 15 is 0 Å². The van der Waals surface area contributed by atoms with Gasteiger partial charge < -0.3 is 19.3 Å². The smallest absolute Gasteiger partial charge is 0.185 e. The number of alkyl halides is 2. The van der Waals surface area contributed by atoms with Crippen LogP contribution in [0.5, 0.6) is 23.0 Å². The molecule has 2 atom stereocenters. The highest BCUT2D eigenvalue weighted by atomic mass is 79.9. The van der Waals surface area contributed by atoms with Crippen LogP contribution in [0.1, 0.15) is 26.3 Å². The minimum atomic E-state index is -0.668. The molecule has 0 radical (unpaired) electrons. The molecule has 1 N–H and O–H groups in total. The van der Waals surface area contributed by atoms with Crippen molar-refractivity contribution in [2.24, 2.45) is 0 Å². The van der Waals surface area contributed by atoms with Gasteiger partial charge in [-0.25, -0.2) is 0 Å². The van der Waals surface area contributed by atoms with E-state index in [-0.39, 0.29) is 27.7 Å². The fourth-order valence-electron chi connectivity index (χ4n) is 3.10. The second-order valence-electron chi connectivity index (χ2n) is 6.83. The first kappa shape index (κ1) is 24.6. The monoisotopic (exact) mass is 626 g/mol. The molecule has 0 aromatic heterocycles. The average Bonchev–Trinajstić information content (AvgIpc) is 2.83. The second kappa shape index (κ2) is 11.2. The largest absolute Gasteiger partial charge is 0.507 e. The Hall–Kier alpha value is -2.03. The number of phenolic OH excluding ortho intramolecular Hbond substituents is 1. The van der Waals surface area contributed by atoms with Crippen LogP contribution in [-0.2, 0) is 6.61 Å². The molecule has 0 spiro atoms. The van der Waals surface area contributed by atoms with Gasteiger partial charge in [0.15, 0.2) is 11.5 Å². The van der Waals surface area contributed by atoms with Gasteiger partial charge in [0.2, 0.25) is 0 Å². The summed E-state index contributed by atoms with van der Waals surface area (Å²) < 4.78 is 16.9. The van der Waals surface area contributed by atoms with E-state index in [0.29, 0.717) is 16.8 Å². The summed E-state index contributed by atoms with van der Waals surface area (Å²) in [6.07, 6.45) is 0. The molecule has 5 nitrogen and oxygen atoms in total. The first-order valence-electron chi connectivity index (χ1n) is 9.59. The number of ether oxygens (including phenoxy) is 3. The minimum absolute atomic E-state index is 0.0642. The first-order valence-corrected chi connectivity index (χ1v) is 12.2. The van der Waals surface area contributed by atoms with E-state index in [0.717, 1.165) is 16.9 Å². The van der Waals surface area contributed by atoms with Gasteiger partial charge in [0, 0.05) is 6.07 Å². The predicted octanol–water partition coefficient (Wildman–Crippen LogP) is 6.83. The van der Waals surface area contributed by atoms with Gasteiger partial charge in [0.05, 0.1) is 23.9 Å². The second-order valence-corrected chi connectivity index (χ2v) is 9.60. The van der Waals surface area contributed by atoms with Crippen LogP contribution in [0.25, 0.3) is 0 Å². The van der Waals surface area contributed by atoms with Crippen molar-refractivity contribution in [3.63, 3.8) is 0 Å².